The second-order valence-corrected chi connectivity index (χ2v) is 5.15. The third-order valence-electron chi connectivity index (χ3n) is 3.09. The summed E-state index contributed by atoms with van der Waals surface area (Å²) in [6, 6.07) is 11.6. The van der Waals surface area contributed by atoms with Crippen LogP contribution in [-0.2, 0) is 6.42 Å². The van der Waals surface area contributed by atoms with Crippen LogP contribution in [0.4, 0.5) is 0 Å². The zero-order valence-electron chi connectivity index (χ0n) is 12.0. The third kappa shape index (κ3) is 4.35. The van der Waals surface area contributed by atoms with E-state index in [0.29, 0.717) is 6.42 Å². The van der Waals surface area contributed by atoms with E-state index in [1.54, 1.807) is 12.4 Å². The van der Waals surface area contributed by atoms with Gasteiger partial charge in [-0.25, -0.2) is 0 Å². The van der Waals surface area contributed by atoms with Crippen LogP contribution >= 0.6 is 0 Å². The fourth-order valence-electron chi connectivity index (χ4n) is 2.06. The lowest BCUT2D eigenvalue weighted by Gasteiger charge is -2.13. The van der Waals surface area contributed by atoms with Gasteiger partial charge >= 0.3 is 0 Å². The van der Waals surface area contributed by atoms with E-state index in [2.05, 4.69) is 4.98 Å². The Morgan fingerprint density at radius 2 is 1.70 bits per heavy atom. The second kappa shape index (κ2) is 7.06. The number of nitrogens with zero attached hydrogens (tertiary/aromatic N) is 1. The van der Waals surface area contributed by atoms with Crippen molar-refractivity contribution >= 4 is 0 Å². The lowest BCUT2D eigenvalue weighted by molar-refractivity contribution is 0.167. The highest BCUT2D eigenvalue weighted by Crippen LogP contribution is 2.22. The molecule has 0 radical (unpaired) electrons. The SMILES string of the molecule is CC(C)Oc1ccc(C(O)CCc2ccncc2)cc1. The number of rotatable bonds is 6. The standard InChI is InChI=1S/C17H21NO2/c1-13(2)20-16-6-4-15(5-7-16)17(19)8-3-14-9-11-18-12-10-14/h4-7,9-13,17,19H,3,8H2,1-2H3. The maximum atomic E-state index is 10.2. The molecule has 1 aromatic carbocycles. The van der Waals surface area contributed by atoms with Gasteiger partial charge in [-0.3, -0.25) is 4.98 Å². The van der Waals surface area contributed by atoms with Gasteiger partial charge in [0.2, 0.25) is 0 Å². The topological polar surface area (TPSA) is 42.4 Å². The van der Waals surface area contributed by atoms with E-state index in [9.17, 15) is 5.11 Å². The first-order valence-corrected chi connectivity index (χ1v) is 6.98. The maximum Gasteiger partial charge on any atom is 0.119 e. The first-order chi connectivity index (χ1) is 9.65. The van der Waals surface area contributed by atoms with Gasteiger partial charge in [-0.1, -0.05) is 12.1 Å². The Bertz CT molecular complexity index is 508. The van der Waals surface area contributed by atoms with E-state index >= 15 is 0 Å². The highest BCUT2D eigenvalue weighted by atomic mass is 16.5. The molecule has 0 fully saturated rings. The predicted molar refractivity (Wildman–Crippen MR) is 79.7 cm³/mol. The van der Waals surface area contributed by atoms with E-state index in [1.807, 2.05) is 50.2 Å². The zero-order chi connectivity index (χ0) is 14.4. The molecule has 3 heteroatoms. The van der Waals surface area contributed by atoms with Crippen LogP contribution in [0.5, 0.6) is 5.75 Å². The zero-order valence-corrected chi connectivity index (χ0v) is 12.0. The molecule has 1 heterocycles. The number of aliphatic hydroxyl groups is 1. The summed E-state index contributed by atoms with van der Waals surface area (Å²) in [6.45, 7) is 3.99. The van der Waals surface area contributed by atoms with Crippen LogP contribution in [0, 0.1) is 0 Å². The summed E-state index contributed by atoms with van der Waals surface area (Å²) >= 11 is 0. The number of pyridine rings is 1. The number of hydrogen-bond donors (Lipinski definition) is 1. The Morgan fingerprint density at radius 3 is 2.30 bits per heavy atom. The number of benzene rings is 1. The average molecular weight is 271 g/mol. The van der Waals surface area contributed by atoms with E-state index in [0.717, 1.165) is 17.7 Å². The molecule has 0 saturated heterocycles. The van der Waals surface area contributed by atoms with Gasteiger partial charge in [-0.2, -0.15) is 0 Å². The monoisotopic (exact) mass is 271 g/mol. The molecule has 1 aromatic heterocycles. The van der Waals surface area contributed by atoms with E-state index in [-0.39, 0.29) is 6.10 Å². The fraction of sp³-hybridized carbons (Fsp3) is 0.353. The quantitative estimate of drug-likeness (QED) is 0.874. The summed E-state index contributed by atoms with van der Waals surface area (Å²) < 4.78 is 5.59. The van der Waals surface area contributed by atoms with Gasteiger partial charge in [-0.15, -0.1) is 0 Å². The number of aromatic nitrogens is 1. The number of hydrogen-bond acceptors (Lipinski definition) is 3. The van der Waals surface area contributed by atoms with Crippen molar-refractivity contribution in [1.82, 2.24) is 4.98 Å². The van der Waals surface area contributed by atoms with Crippen LogP contribution in [0.3, 0.4) is 0 Å². The number of ether oxygens (including phenoxy) is 1. The normalized spacial score (nSPS) is 12.4. The molecule has 2 rings (SSSR count). The van der Waals surface area contributed by atoms with E-state index in [4.69, 9.17) is 4.74 Å². The molecular weight excluding hydrogens is 250 g/mol. The van der Waals surface area contributed by atoms with Crippen molar-refractivity contribution in [3.63, 3.8) is 0 Å². The molecule has 0 aliphatic heterocycles. The molecule has 1 atom stereocenters. The summed E-state index contributed by atoms with van der Waals surface area (Å²) in [4.78, 5) is 3.99. The van der Waals surface area contributed by atoms with Gasteiger partial charge in [0.15, 0.2) is 0 Å². The first kappa shape index (κ1) is 14.5. The van der Waals surface area contributed by atoms with Gasteiger partial charge in [0, 0.05) is 12.4 Å². The van der Waals surface area contributed by atoms with Crippen molar-refractivity contribution < 1.29 is 9.84 Å². The minimum absolute atomic E-state index is 0.164. The molecule has 106 valence electrons. The number of aliphatic hydroxyl groups excluding tert-OH is 1. The summed E-state index contributed by atoms with van der Waals surface area (Å²) in [5.41, 5.74) is 2.12. The van der Waals surface area contributed by atoms with E-state index in [1.165, 1.54) is 5.56 Å². The maximum absolute atomic E-state index is 10.2. The molecule has 0 bridgehead atoms. The van der Waals surface area contributed by atoms with Crippen molar-refractivity contribution in [1.29, 1.82) is 0 Å². The van der Waals surface area contributed by atoms with Gasteiger partial charge < -0.3 is 9.84 Å². The van der Waals surface area contributed by atoms with Gasteiger partial charge in [-0.05, 0) is 62.1 Å². The fourth-order valence-corrected chi connectivity index (χ4v) is 2.06. The lowest BCUT2D eigenvalue weighted by Crippen LogP contribution is -2.06. The van der Waals surface area contributed by atoms with Crippen LogP contribution in [0.15, 0.2) is 48.8 Å². The molecule has 1 unspecified atom stereocenters. The first-order valence-electron chi connectivity index (χ1n) is 6.98. The second-order valence-electron chi connectivity index (χ2n) is 5.15. The summed E-state index contributed by atoms with van der Waals surface area (Å²) in [7, 11) is 0. The molecule has 0 spiro atoms. The molecular formula is C17H21NO2. The average Bonchev–Trinajstić information content (AvgIpc) is 2.46. The van der Waals surface area contributed by atoms with Crippen LogP contribution in [0.25, 0.3) is 0 Å². The van der Waals surface area contributed by atoms with Crippen LogP contribution in [-0.4, -0.2) is 16.2 Å². The molecule has 2 aromatic rings. The van der Waals surface area contributed by atoms with Crippen LogP contribution < -0.4 is 4.74 Å². The van der Waals surface area contributed by atoms with Crippen LogP contribution in [0.2, 0.25) is 0 Å². The minimum atomic E-state index is -0.448. The van der Waals surface area contributed by atoms with Gasteiger partial charge in [0.1, 0.15) is 5.75 Å². The molecule has 0 aliphatic carbocycles. The Labute approximate surface area is 120 Å². The molecule has 0 saturated carbocycles. The third-order valence-corrected chi connectivity index (χ3v) is 3.09. The largest absolute Gasteiger partial charge is 0.491 e. The van der Waals surface area contributed by atoms with Gasteiger partial charge in [0.25, 0.3) is 0 Å². The van der Waals surface area contributed by atoms with Crippen molar-refractivity contribution in [2.75, 3.05) is 0 Å². The lowest BCUT2D eigenvalue weighted by atomic mass is 10.0. The Balaban J connectivity index is 1.90. The molecule has 1 N–H and O–H groups in total. The van der Waals surface area contributed by atoms with E-state index < -0.39 is 6.10 Å². The Morgan fingerprint density at radius 1 is 1.05 bits per heavy atom. The summed E-state index contributed by atoms with van der Waals surface area (Å²) in [6.07, 6.45) is 4.82. The van der Waals surface area contributed by atoms with Crippen LogP contribution in [0.1, 0.15) is 37.5 Å². The van der Waals surface area contributed by atoms with Gasteiger partial charge in [0.05, 0.1) is 12.2 Å². The van der Waals surface area contributed by atoms with Crippen molar-refractivity contribution in [2.45, 2.75) is 38.9 Å². The number of aryl methyl sites for hydroxylation is 1. The highest BCUT2D eigenvalue weighted by molar-refractivity contribution is 5.28. The predicted octanol–water partition coefficient (Wildman–Crippen LogP) is 3.54. The Kier molecular flexibility index (Phi) is 5.13. The van der Waals surface area contributed by atoms with Crippen molar-refractivity contribution in [3.8, 4) is 5.75 Å². The highest BCUT2D eigenvalue weighted by Gasteiger charge is 2.08. The smallest absolute Gasteiger partial charge is 0.119 e. The van der Waals surface area contributed by atoms with Crippen molar-refractivity contribution in [3.05, 3.63) is 59.9 Å². The van der Waals surface area contributed by atoms with Crippen molar-refractivity contribution in [2.24, 2.45) is 0 Å². The molecule has 0 aliphatic rings. The summed E-state index contributed by atoms with van der Waals surface area (Å²) in [5.74, 6) is 0.838. The Hall–Kier alpha value is -1.87. The summed E-state index contributed by atoms with van der Waals surface area (Å²) in [5, 5.41) is 10.2. The molecule has 3 nitrogen and oxygen atoms in total. The molecule has 20 heavy (non-hydrogen) atoms. The minimum Gasteiger partial charge on any atom is -0.491 e. The molecule has 0 amide bonds.